The lowest BCUT2D eigenvalue weighted by atomic mass is 10.2. The second-order valence-electron chi connectivity index (χ2n) is 4.28. The van der Waals surface area contributed by atoms with E-state index >= 15 is 0 Å². The van der Waals surface area contributed by atoms with Crippen LogP contribution in [0, 0.1) is 6.92 Å². The van der Waals surface area contributed by atoms with Crippen LogP contribution >= 0.6 is 15.9 Å². The molecule has 0 heterocycles. The van der Waals surface area contributed by atoms with Gasteiger partial charge in [0.25, 0.3) is 0 Å². The number of rotatable bonds is 6. The van der Waals surface area contributed by atoms with E-state index in [4.69, 9.17) is 14.2 Å². The molecule has 0 unspecified atom stereocenters. The molecule has 0 aliphatic carbocycles. The maximum absolute atomic E-state index is 5.70. The highest BCUT2D eigenvalue weighted by atomic mass is 79.9. The molecule has 0 spiro atoms. The molecular formula is C16H17BrO3. The predicted molar refractivity (Wildman–Crippen MR) is 82.9 cm³/mol. The Bertz CT molecular complexity index is 552. The third-order valence-corrected chi connectivity index (χ3v) is 3.31. The van der Waals surface area contributed by atoms with Gasteiger partial charge in [0.15, 0.2) is 0 Å². The van der Waals surface area contributed by atoms with E-state index < -0.39 is 0 Å². The Morgan fingerprint density at radius 2 is 1.55 bits per heavy atom. The molecule has 0 aliphatic heterocycles. The molecule has 0 aliphatic rings. The van der Waals surface area contributed by atoms with Crippen LogP contribution in [0.15, 0.2) is 46.9 Å². The van der Waals surface area contributed by atoms with Gasteiger partial charge in [0.1, 0.15) is 30.5 Å². The van der Waals surface area contributed by atoms with Gasteiger partial charge >= 0.3 is 0 Å². The van der Waals surface area contributed by atoms with Crippen LogP contribution in [0.4, 0.5) is 0 Å². The zero-order valence-corrected chi connectivity index (χ0v) is 13.1. The maximum Gasteiger partial charge on any atom is 0.123 e. The number of benzene rings is 2. The van der Waals surface area contributed by atoms with Crippen LogP contribution in [0.2, 0.25) is 0 Å². The molecule has 3 nitrogen and oxygen atoms in total. The lowest BCUT2D eigenvalue weighted by Gasteiger charge is -2.11. The predicted octanol–water partition coefficient (Wildman–Crippen LogP) is 4.22. The van der Waals surface area contributed by atoms with E-state index in [9.17, 15) is 0 Å². The summed E-state index contributed by atoms with van der Waals surface area (Å²) in [7, 11) is 1.64. The molecule has 106 valence electrons. The van der Waals surface area contributed by atoms with Crippen LogP contribution in [-0.4, -0.2) is 20.3 Å². The van der Waals surface area contributed by atoms with E-state index in [2.05, 4.69) is 15.9 Å². The van der Waals surface area contributed by atoms with Crippen molar-refractivity contribution in [3.05, 3.63) is 52.5 Å². The van der Waals surface area contributed by atoms with Gasteiger partial charge in [0.05, 0.1) is 7.11 Å². The molecule has 2 aromatic rings. The molecule has 0 fully saturated rings. The van der Waals surface area contributed by atoms with Gasteiger partial charge in [-0.15, -0.1) is 0 Å². The Morgan fingerprint density at radius 1 is 0.900 bits per heavy atom. The fraction of sp³-hybridized carbons (Fsp3) is 0.250. The van der Waals surface area contributed by atoms with Crippen molar-refractivity contribution in [2.75, 3.05) is 20.3 Å². The Morgan fingerprint density at radius 3 is 2.25 bits per heavy atom. The second kappa shape index (κ2) is 7.20. The second-order valence-corrected chi connectivity index (χ2v) is 5.20. The van der Waals surface area contributed by atoms with Crippen molar-refractivity contribution in [2.24, 2.45) is 0 Å². The SMILES string of the molecule is COc1ccc(OCCOc2cc(Br)ccc2C)cc1. The van der Waals surface area contributed by atoms with Gasteiger partial charge in [-0.2, -0.15) is 0 Å². The summed E-state index contributed by atoms with van der Waals surface area (Å²) in [6, 6.07) is 13.5. The van der Waals surface area contributed by atoms with Crippen molar-refractivity contribution in [3.8, 4) is 17.2 Å². The van der Waals surface area contributed by atoms with Gasteiger partial charge < -0.3 is 14.2 Å². The van der Waals surface area contributed by atoms with Crippen LogP contribution in [0.25, 0.3) is 0 Å². The van der Waals surface area contributed by atoms with E-state index in [1.807, 2.05) is 49.4 Å². The van der Waals surface area contributed by atoms with Crippen LogP contribution in [-0.2, 0) is 0 Å². The number of ether oxygens (including phenoxy) is 3. The highest BCUT2D eigenvalue weighted by Gasteiger charge is 2.01. The van der Waals surface area contributed by atoms with E-state index in [0.29, 0.717) is 13.2 Å². The third kappa shape index (κ3) is 4.17. The first-order valence-electron chi connectivity index (χ1n) is 6.35. The first-order valence-corrected chi connectivity index (χ1v) is 7.14. The summed E-state index contributed by atoms with van der Waals surface area (Å²) in [6.45, 7) is 3.02. The number of methoxy groups -OCH3 is 1. The van der Waals surface area contributed by atoms with Gasteiger partial charge in [-0.25, -0.2) is 0 Å². The van der Waals surface area contributed by atoms with Gasteiger partial charge in [-0.1, -0.05) is 22.0 Å². The monoisotopic (exact) mass is 336 g/mol. The van der Waals surface area contributed by atoms with Gasteiger partial charge in [-0.05, 0) is 48.9 Å². The molecule has 4 heteroatoms. The van der Waals surface area contributed by atoms with Crippen molar-refractivity contribution in [1.29, 1.82) is 0 Å². The van der Waals surface area contributed by atoms with Crippen LogP contribution in [0.1, 0.15) is 5.56 Å². The maximum atomic E-state index is 5.70. The summed E-state index contributed by atoms with van der Waals surface area (Å²) in [4.78, 5) is 0. The van der Waals surface area contributed by atoms with Crippen molar-refractivity contribution >= 4 is 15.9 Å². The fourth-order valence-corrected chi connectivity index (χ4v) is 2.05. The molecule has 20 heavy (non-hydrogen) atoms. The molecule has 0 bridgehead atoms. The molecule has 0 saturated carbocycles. The lowest BCUT2D eigenvalue weighted by Crippen LogP contribution is -2.09. The standard InChI is InChI=1S/C16H17BrO3/c1-12-3-4-13(17)11-16(12)20-10-9-19-15-7-5-14(18-2)6-8-15/h3-8,11H,9-10H2,1-2H3. The first-order chi connectivity index (χ1) is 9.69. The molecule has 2 aromatic carbocycles. The minimum Gasteiger partial charge on any atom is -0.497 e. The molecule has 2 rings (SSSR count). The minimum atomic E-state index is 0.498. The summed E-state index contributed by atoms with van der Waals surface area (Å²) >= 11 is 3.43. The normalized spacial score (nSPS) is 10.2. The van der Waals surface area contributed by atoms with Crippen LogP contribution in [0.3, 0.4) is 0 Å². The van der Waals surface area contributed by atoms with Crippen LogP contribution in [0.5, 0.6) is 17.2 Å². The average molecular weight is 337 g/mol. The summed E-state index contributed by atoms with van der Waals surface area (Å²) in [5.74, 6) is 2.50. The molecule has 0 atom stereocenters. The Balaban J connectivity index is 1.79. The summed E-state index contributed by atoms with van der Waals surface area (Å²) in [5.41, 5.74) is 1.11. The van der Waals surface area contributed by atoms with E-state index in [0.717, 1.165) is 27.3 Å². The average Bonchev–Trinajstić information content (AvgIpc) is 2.47. The number of hydrogen-bond acceptors (Lipinski definition) is 3. The number of aryl methyl sites for hydroxylation is 1. The first kappa shape index (κ1) is 14.7. The number of hydrogen-bond donors (Lipinski definition) is 0. The summed E-state index contributed by atoms with van der Waals surface area (Å²) < 4.78 is 17.4. The molecule has 0 radical (unpaired) electrons. The smallest absolute Gasteiger partial charge is 0.123 e. The summed E-state index contributed by atoms with van der Waals surface area (Å²) in [5, 5.41) is 0. The van der Waals surface area contributed by atoms with Crippen molar-refractivity contribution in [1.82, 2.24) is 0 Å². The molecular weight excluding hydrogens is 320 g/mol. The van der Waals surface area contributed by atoms with Gasteiger partial charge in [-0.3, -0.25) is 0 Å². The Hall–Kier alpha value is -1.68. The zero-order chi connectivity index (χ0) is 14.4. The quantitative estimate of drug-likeness (QED) is 0.739. The Labute approximate surface area is 127 Å². The largest absolute Gasteiger partial charge is 0.497 e. The fourth-order valence-electron chi connectivity index (χ4n) is 1.71. The highest BCUT2D eigenvalue weighted by molar-refractivity contribution is 9.10. The van der Waals surface area contributed by atoms with Crippen molar-refractivity contribution < 1.29 is 14.2 Å². The summed E-state index contributed by atoms with van der Waals surface area (Å²) in [6.07, 6.45) is 0. The molecule has 0 saturated heterocycles. The minimum absolute atomic E-state index is 0.498. The molecule has 0 amide bonds. The highest BCUT2D eigenvalue weighted by Crippen LogP contribution is 2.23. The van der Waals surface area contributed by atoms with E-state index in [1.165, 1.54) is 0 Å². The van der Waals surface area contributed by atoms with E-state index in [1.54, 1.807) is 7.11 Å². The van der Waals surface area contributed by atoms with Crippen LogP contribution < -0.4 is 14.2 Å². The van der Waals surface area contributed by atoms with Crippen molar-refractivity contribution in [2.45, 2.75) is 6.92 Å². The van der Waals surface area contributed by atoms with E-state index in [-0.39, 0.29) is 0 Å². The molecule has 0 aromatic heterocycles. The van der Waals surface area contributed by atoms with Gasteiger partial charge in [0.2, 0.25) is 0 Å². The number of halogens is 1. The zero-order valence-electron chi connectivity index (χ0n) is 11.6. The topological polar surface area (TPSA) is 27.7 Å². The lowest BCUT2D eigenvalue weighted by molar-refractivity contribution is 0.216. The van der Waals surface area contributed by atoms with Gasteiger partial charge in [0, 0.05) is 4.47 Å². The van der Waals surface area contributed by atoms with Crippen molar-refractivity contribution in [3.63, 3.8) is 0 Å². The Kier molecular flexibility index (Phi) is 5.30. The third-order valence-electron chi connectivity index (χ3n) is 2.82. The molecule has 0 N–H and O–H groups in total.